The van der Waals surface area contributed by atoms with Gasteiger partial charge in [-0.15, -0.1) is 0 Å². The van der Waals surface area contributed by atoms with Crippen LogP contribution in [0.5, 0.6) is 5.75 Å². The molecule has 1 N–H and O–H groups in total. The standard InChI is InChI=1S/C14H11ClN2O5/c1-20-13-8(17-11(18)3-4-16)6-9-7(12(13)15)5-10(22-9)14(19)21-2/h5-6H,3H2,1-2H3,(H,17,18). The second-order valence-electron chi connectivity index (χ2n) is 4.17. The molecule has 2 rings (SSSR count). The van der Waals surface area contributed by atoms with Crippen molar-refractivity contribution >= 4 is 40.1 Å². The Kier molecular flexibility index (Phi) is 4.53. The number of nitrogens with one attached hydrogen (secondary N) is 1. The first kappa shape index (κ1) is 15.7. The zero-order valence-electron chi connectivity index (χ0n) is 11.7. The lowest BCUT2D eigenvalue weighted by molar-refractivity contribution is -0.115. The van der Waals surface area contributed by atoms with Gasteiger partial charge >= 0.3 is 5.97 Å². The van der Waals surface area contributed by atoms with E-state index in [9.17, 15) is 9.59 Å². The quantitative estimate of drug-likeness (QED) is 0.868. The number of furan rings is 1. The van der Waals surface area contributed by atoms with Gasteiger partial charge in [0.15, 0.2) is 5.75 Å². The van der Waals surface area contributed by atoms with Crippen LogP contribution in [-0.4, -0.2) is 26.1 Å². The number of methoxy groups -OCH3 is 2. The van der Waals surface area contributed by atoms with E-state index in [1.807, 2.05) is 0 Å². The summed E-state index contributed by atoms with van der Waals surface area (Å²) in [6, 6.07) is 4.62. The van der Waals surface area contributed by atoms with Crippen LogP contribution in [0.4, 0.5) is 5.69 Å². The summed E-state index contributed by atoms with van der Waals surface area (Å²) in [5, 5.41) is 11.6. The lowest BCUT2D eigenvalue weighted by atomic mass is 10.2. The maximum Gasteiger partial charge on any atom is 0.373 e. The fourth-order valence-electron chi connectivity index (χ4n) is 1.88. The molecule has 1 amide bonds. The van der Waals surface area contributed by atoms with E-state index in [2.05, 4.69) is 10.1 Å². The molecular formula is C14H11ClN2O5. The van der Waals surface area contributed by atoms with Gasteiger partial charge in [0.25, 0.3) is 0 Å². The number of hydrogen-bond donors (Lipinski definition) is 1. The van der Waals surface area contributed by atoms with Crippen LogP contribution in [-0.2, 0) is 9.53 Å². The highest BCUT2D eigenvalue weighted by Gasteiger charge is 2.20. The van der Waals surface area contributed by atoms with Crippen LogP contribution in [0.15, 0.2) is 16.5 Å². The predicted octanol–water partition coefficient (Wildman–Crippen LogP) is 2.73. The molecule has 0 unspecified atom stereocenters. The normalized spacial score (nSPS) is 10.1. The van der Waals surface area contributed by atoms with Crippen LogP contribution in [0.3, 0.4) is 0 Å². The molecular weight excluding hydrogens is 312 g/mol. The minimum Gasteiger partial charge on any atom is -0.493 e. The van der Waals surface area contributed by atoms with E-state index >= 15 is 0 Å². The Hall–Kier alpha value is -2.72. The molecule has 0 aliphatic rings. The van der Waals surface area contributed by atoms with Crippen LogP contribution in [0.25, 0.3) is 11.0 Å². The van der Waals surface area contributed by atoms with Crippen molar-refractivity contribution in [2.24, 2.45) is 0 Å². The number of benzene rings is 1. The summed E-state index contributed by atoms with van der Waals surface area (Å²) in [6.45, 7) is 0. The maximum absolute atomic E-state index is 11.6. The third kappa shape index (κ3) is 2.82. The minimum atomic E-state index is -0.652. The lowest BCUT2D eigenvalue weighted by Crippen LogP contribution is -2.11. The zero-order valence-corrected chi connectivity index (χ0v) is 12.5. The number of nitriles is 1. The van der Waals surface area contributed by atoms with Crippen LogP contribution < -0.4 is 10.1 Å². The number of carbonyl (C=O) groups excluding carboxylic acids is 2. The number of rotatable bonds is 4. The first-order valence-corrected chi connectivity index (χ1v) is 6.44. The average Bonchev–Trinajstić information content (AvgIpc) is 2.91. The lowest BCUT2D eigenvalue weighted by Gasteiger charge is -2.11. The number of fused-ring (bicyclic) bond motifs is 1. The highest BCUT2D eigenvalue weighted by atomic mass is 35.5. The highest BCUT2D eigenvalue weighted by molar-refractivity contribution is 6.37. The van der Waals surface area contributed by atoms with Gasteiger partial charge in [0, 0.05) is 17.5 Å². The average molecular weight is 323 g/mol. The molecule has 0 spiro atoms. The summed E-state index contributed by atoms with van der Waals surface area (Å²) in [5.41, 5.74) is 0.518. The Labute approximate surface area is 130 Å². The van der Waals surface area contributed by atoms with Crippen molar-refractivity contribution in [3.8, 4) is 11.8 Å². The van der Waals surface area contributed by atoms with E-state index in [-0.39, 0.29) is 34.2 Å². The minimum absolute atomic E-state index is 0.0260. The van der Waals surface area contributed by atoms with Crippen molar-refractivity contribution in [3.63, 3.8) is 0 Å². The molecule has 0 saturated heterocycles. The molecule has 1 aromatic heterocycles. The summed E-state index contributed by atoms with van der Waals surface area (Å²) in [7, 11) is 2.61. The molecule has 0 atom stereocenters. The monoisotopic (exact) mass is 322 g/mol. The van der Waals surface area contributed by atoms with Gasteiger partial charge in [-0.05, 0) is 0 Å². The van der Waals surface area contributed by atoms with Crippen LogP contribution in [0.1, 0.15) is 17.0 Å². The third-order valence-electron chi connectivity index (χ3n) is 2.82. The van der Waals surface area contributed by atoms with Crippen molar-refractivity contribution in [2.45, 2.75) is 6.42 Å². The van der Waals surface area contributed by atoms with Gasteiger partial charge in [-0.2, -0.15) is 5.26 Å². The van der Waals surface area contributed by atoms with Gasteiger partial charge in [0.2, 0.25) is 11.7 Å². The zero-order chi connectivity index (χ0) is 16.3. The first-order valence-electron chi connectivity index (χ1n) is 6.07. The molecule has 0 bridgehead atoms. The number of carbonyl (C=O) groups is 2. The molecule has 0 aliphatic carbocycles. The van der Waals surface area contributed by atoms with Crippen molar-refractivity contribution in [1.29, 1.82) is 5.26 Å². The van der Waals surface area contributed by atoms with Gasteiger partial charge in [-0.1, -0.05) is 11.6 Å². The molecule has 0 saturated carbocycles. The van der Waals surface area contributed by atoms with Crippen LogP contribution in [0, 0.1) is 11.3 Å². The fraction of sp³-hybridized carbons (Fsp3) is 0.214. The number of amides is 1. The number of halogens is 1. The fourth-order valence-corrected chi connectivity index (χ4v) is 2.21. The summed E-state index contributed by atoms with van der Waals surface area (Å²) < 4.78 is 15.1. The molecule has 8 heteroatoms. The molecule has 1 heterocycles. The highest BCUT2D eigenvalue weighted by Crippen LogP contribution is 2.41. The van der Waals surface area contributed by atoms with E-state index < -0.39 is 11.9 Å². The molecule has 7 nitrogen and oxygen atoms in total. The third-order valence-corrected chi connectivity index (χ3v) is 3.20. The Morgan fingerprint density at radius 1 is 1.41 bits per heavy atom. The molecule has 1 aromatic carbocycles. The second kappa shape index (κ2) is 6.37. The predicted molar refractivity (Wildman–Crippen MR) is 78.0 cm³/mol. The molecule has 0 fully saturated rings. The van der Waals surface area contributed by atoms with Crippen LogP contribution in [0.2, 0.25) is 5.02 Å². The van der Waals surface area contributed by atoms with Crippen molar-refractivity contribution in [2.75, 3.05) is 19.5 Å². The smallest absolute Gasteiger partial charge is 0.373 e. The van der Waals surface area contributed by atoms with Crippen molar-refractivity contribution in [3.05, 3.63) is 22.9 Å². The SMILES string of the molecule is COC(=O)c1cc2c(Cl)c(OC)c(NC(=O)CC#N)cc2o1. The van der Waals surface area contributed by atoms with Gasteiger partial charge in [0.05, 0.1) is 31.0 Å². The topological polar surface area (TPSA) is 102 Å². The van der Waals surface area contributed by atoms with Gasteiger partial charge in [0.1, 0.15) is 12.0 Å². The Morgan fingerprint density at radius 2 is 2.14 bits per heavy atom. The van der Waals surface area contributed by atoms with Crippen molar-refractivity contribution in [1.82, 2.24) is 0 Å². The van der Waals surface area contributed by atoms with Crippen LogP contribution >= 0.6 is 11.6 Å². The summed E-state index contributed by atoms with van der Waals surface area (Å²) in [4.78, 5) is 23.1. The number of hydrogen-bond acceptors (Lipinski definition) is 6. The Balaban J connectivity index is 2.55. The molecule has 22 heavy (non-hydrogen) atoms. The Morgan fingerprint density at radius 3 is 2.73 bits per heavy atom. The summed E-state index contributed by atoms with van der Waals surface area (Å²) >= 11 is 6.22. The largest absolute Gasteiger partial charge is 0.493 e. The first-order chi connectivity index (χ1) is 10.5. The summed E-state index contributed by atoms with van der Waals surface area (Å²) in [5.74, 6) is -0.989. The van der Waals surface area contributed by atoms with Gasteiger partial charge in [-0.3, -0.25) is 4.79 Å². The van der Waals surface area contributed by atoms with Crippen molar-refractivity contribution < 1.29 is 23.5 Å². The van der Waals surface area contributed by atoms with Gasteiger partial charge in [-0.25, -0.2) is 4.79 Å². The van der Waals surface area contributed by atoms with Gasteiger partial charge < -0.3 is 19.2 Å². The van der Waals surface area contributed by atoms with E-state index in [1.54, 1.807) is 6.07 Å². The molecule has 114 valence electrons. The Bertz CT molecular complexity index is 791. The van der Waals surface area contributed by atoms with E-state index in [1.165, 1.54) is 26.4 Å². The molecule has 0 radical (unpaired) electrons. The summed E-state index contributed by atoms with van der Waals surface area (Å²) in [6.07, 6.45) is -0.315. The number of anilines is 1. The number of esters is 1. The number of ether oxygens (including phenoxy) is 2. The van der Waals surface area contributed by atoms with E-state index in [4.69, 9.17) is 26.0 Å². The number of nitrogens with zero attached hydrogens (tertiary/aromatic N) is 1. The maximum atomic E-state index is 11.6. The molecule has 2 aromatic rings. The van der Waals surface area contributed by atoms with E-state index in [0.29, 0.717) is 5.39 Å². The molecule has 0 aliphatic heterocycles. The second-order valence-corrected chi connectivity index (χ2v) is 4.55. The van der Waals surface area contributed by atoms with E-state index in [0.717, 1.165) is 0 Å².